The lowest BCUT2D eigenvalue weighted by Crippen LogP contribution is -2.24. The number of fused-ring (bicyclic) bond motifs is 3. The van der Waals surface area contributed by atoms with E-state index in [1.165, 1.54) is 21.4 Å². The first-order chi connectivity index (χ1) is 10.7. The molecule has 0 saturated carbocycles. The quantitative estimate of drug-likeness (QED) is 0.869. The summed E-state index contributed by atoms with van der Waals surface area (Å²) >= 11 is 1.63. The lowest BCUT2D eigenvalue weighted by Gasteiger charge is -2.11. The Balaban J connectivity index is 1.98. The Morgan fingerprint density at radius 1 is 1.36 bits per heavy atom. The van der Waals surface area contributed by atoms with Crippen molar-refractivity contribution in [3.63, 3.8) is 0 Å². The average molecular weight is 312 g/mol. The van der Waals surface area contributed by atoms with Gasteiger partial charge in [-0.1, -0.05) is 0 Å². The summed E-state index contributed by atoms with van der Waals surface area (Å²) in [5.74, 6) is -0.328. The highest BCUT2D eigenvalue weighted by atomic mass is 32.1. The third-order valence-corrected chi connectivity index (χ3v) is 5.35. The first-order valence-corrected chi connectivity index (χ1v) is 8.32. The minimum absolute atomic E-state index is 0.0402. The molecule has 0 aliphatic heterocycles. The normalized spacial score (nSPS) is 15.0. The topological polar surface area (TPSA) is 82.5 Å². The van der Waals surface area contributed by atoms with Crippen LogP contribution in [-0.4, -0.2) is 9.55 Å². The van der Waals surface area contributed by atoms with Crippen LogP contribution < -0.4 is 5.56 Å². The van der Waals surface area contributed by atoms with Gasteiger partial charge >= 0.3 is 0 Å². The molecule has 0 saturated heterocycles. The van der Waals surface area contributed by atoms with E-state index in [1.54, 1.807) is 17.7 Å². The first-order valence-electron chi connectivity index (χ1n) is 7.51. The van der Waals surface area contributed by atoms with Crippen molar-refractivity contribution in [1.82, 2.24) is 9.55 Å². The van der Waals surface area contributed by atoms with Gasteiger partial charge in [-0.25, -0.2) is 4.98 Å². The monoisotopic (exact) mass is 312 g/mol. The summed E-state index contributed by atoms with van der Waals surface area (Å²) in [4.78, 5) is 19.3. The van der Waals surface area contributed by atoms with Crippen molar-refractivity contribution in [3.05, 3.63) is 27.1 Å². The molecule has 0 N–H and O–H groups in total. The summed E-state index contributed by atoms with van der Waals surface area (Å²) < 4.78 is 1.54. The van der Waals surface area contributed by atoms with Gasteiger partial charge in [0.2, 0.25) is 0 Å². The second-order valence-electron chi connectivity index (χ2n) is 5.62. The van der Waals surface area contributed by atoms with Crippen molar-refractivity contribution in [2.45, 2.75) is 45.1 Å². The van der Waals surface area contributed by atoms with Crippen LogP contribution in [0, 0.1) is 28.6 Å². The third-order valence-electron chi connectivity index (χ3n) is 4.15. The smallest absolute Gasteiger partial charge is 0.262 e. The minimum atomic E-state index is -0.328. The van der Waals surface area contributed by atoms with Crippen LogP contribution in [-0.2, 0) is 19.4 Å². The zero-order valence-corrected chi connectivity index (χ0v) is 13.0. The Labute approximate surface area is 132 Å². The van der Waals surface area contributed by atoms with Gasteiger partial charge in [-0.2, -0.15) is 10.5 Å². The minimum Gasteiger partial charge on any atom is -0.297 e. The Bertz CT molecular complexity index is 837. The second-order valence-corrected chi connectivity index (χ2v) is 6.70. The summed E-state index contributed by atoms with van der Waals surface area (Å²) in [6, 6.07) is 4.23. The van der Waals surface area contributed by atoms with Gasteiger partial charge in [0.1, 0.15) is 4.83 Å². The summed E-state index contributed by atoms with van der Waals surface area (Å²) in [5.41, 5.74) is 1.13. The summed E-state index contributed by atoms with van der Waals surface area (Å²) in [6.07, 6.45) is 6.65. The van der Waals surface area contributed by atoms with Gasteiger partial charge in [0, 0.05) is 17.8 Å². The predicted octanol–water partition coefficient (Wildman–Crippen LogP) is 2.78. The standard InChI is InChI=1S/C16H16N4OS/c17-7-3-4-11(8-18)9-20-10-19-15-14(16(20)21)12-5-1-2-6-13(12)22-15/h10-11H,1-6,9H2/t11-/m1/s1. The average Bonchev–Trinajstić information content (AvgIpc) is 2.92. The molecule has 0 aromatic carbocycles. The van der Waals surface area contributed by atoms with Crippen molar-refractivity contribution in [3.8, 4) is 12.1 Å². The van der Waals surface area contributed by atoms with Crippen molar-refractivity contribution in [2.24, 2.45) is 5.92 Å². The number of aromatic nitrogens is 2. The molecule has 2 aromatic rings. The summed E-state index contributed by atoms with van der Waals surface area (Å²) in [5, 5.41) is 18.6. The lowest BCUT2D eigenvalue weighted by atomic mass is 9.97. The van der Waals surface area contributed by atoms with E-state index in [-0.39, 0.29) is 11.5 Å². The highest BCUT2D eigenvalue weighted by Crippen LogP contribution is 2.33. The van der Waals surface area contributed by atoms with Crippen LogP contribution in [0.25, 0.3) is 10.2 Å². The Morgan fingerprint density at radius 2 is 2.18 bits per heavy atom. The molecule has 0 fully saturated rings. The van der Waals surface area contributed by atoms with Crippen molar-refractivity contribution >= 4 is 21.6 Å². The van der Waals surface area contributed by atoms with E-state index in [2.05, 4.69) is 11.1 Å². The van der Waals surface area contributed by atoms with E-state index in [0.717, 1.165) is 29.5 Å². The molecule has 1 atom stereocenters. The van der Waals surface area contributed by atoms with Crippen LogP contribution in [0.2, 0.25) is 0 Å². The number of aryl methyl sites for hydroxylation is 2. The number of nitriles is 2. The third kappa shape index (κ3) is 2.63. The molecule has 5 nitrogen and oxygen atoms in total. The van der Waals surface area contributed by atoms with Gasteiger partial charge in [0.15, 0.2) is 0 Å². The van der Waals surface area contributed by atoms with Gasteiger partial charge in [-0.05, 0) is 37.7 Å². The fraction of sp³-hybridized carbons (Fsp3) is 0.500. The van der Waals surface area contributed by atoms with Gasteiger partial charge < -0.3 is 0 Å². The Morgan fingerprint density at radius 3 is 2.95 bits per heavy atom. The molecule has 0 spiro atoms. The predicted molar refractivity (Wildman–Crippen MR) is 84.5 cm³/mol. The van der Waals surface area contributed by atoms with Crippen LogP contribution in [0.3, 0.4) is 0 Å². The van der Waals surface area contributed by atoms with Crippen LogP contribution in [0.1, 0.15) is 36.1 Å². The molecule has 112 valence electrons. The van der Waals surface area contributed by atoms with E-state index in [0.29, 0.717) is 19.4 Å². The molecule has 0 amide bonds. The SMILES string of the molecule is N#CCC[C@H](C#N)Cn1cnc2sc3c(c2c1=O)CCCC3. The lowest BCUT2D eigenvalue weighted by molar-refractivity contribution is 0.498. The first kappa shape index (κ1) is 14.7. The Kier molecular flexibility index (Phi) is 4.22. The molecule has 2 heterocycles. The number of thiophene rings is 1. The molecule has 22 heavy (non-hydrogen) atoms. The fourth-order valence-corrected chi connectivity index (χ4v) is 4.20. The highest BCUT2D eigenvalue weighted by molar-refractivity contribution is 7.18. The molecule has 6 heteroatoms. The van der Waals surface area contributed by atoms with Crippen LogP contribution in [0.5, 0.6) is 0 Å². The van der Waals surface area contributed by atoms with E-state index in [9.17, 15) is 10.1 Å². The van der Waals surface area contributed by atoms with E-state index >= 15 is 0 Å². The van der Waals surface area contributed by atoms with Gasteiger partial charge in [0.05, 0.1) is 29.8 Å². The van der Waals surface area contributed by atoms with Crippen molar-refractivity contribution < 1.29 is 0 Å². The molecule has 3 rings (SSSR count). The molecular formula is C16H16N4OS. The highest BCUT2D eigenvalue weighted by Gasteiger charge is 2.20. The maximum Gasteiger partial charge on any atom is 0.262 e. The van der Waals surface area contributed by atoms with E-state index < -0.39 is 0 Å². The summed E-state index contributed by atoms with van der Waals surface area (Å²) in [6.45, 7) is 0.310. The van der Waals surface area contributed by atoms with Crippen LogP contribution in [0.15, 0.2) is 11.1 Å². The van der Waals surface area contributed by atoms with Gasteiger partial charge in [-0.15, -0.1) is 11.3 Å². The number of rotatable bonds is 4. The van der Waals surface area contributed by atoms with Crippen LogP contribution >= 0.6 is 11.3 Å². The Hall–Kier alpha value is -2.18. The van der Waals surface area contributed by atoms with Gasteiger partial charge in [0.25, 0.3) is 5.56 Å². The summed E-state index contributed by atoms with van der Waals surface area (Å²) in [7, 11) is 0. The molecule has 1 aliphatic carbocycles. The van der Waals surface area contributed by atoms with Crippen molar-refractivity contribution in [2.75, 3.05) is 0 Å². The second kappa shape index (κ2) is 6.29. The molecule has 0 unspecified atom stereocenters. The van der Waals surface area contributed by atoms with Crippen molar-refractivity contribution in [1.29, 1.82) is 10.5 Å². The zero-order valence-electron chi connectivity index (χ0n) is 12.2. The van der Waals surface area contributed by atoms with E-state index in [4.69, 9.17) is 5.26 Å². The van der Waals surface area contributed by atoms with E-state index in [1.807, 2.05) is 6.07 Å². The number of hydrogen-bond donors (Lipinski definition) is 0. The van der Waals surface area contributed by atoms with Gasteiger partial charge in [-0.3, -0.25) is 9.36 Å². The molecule has 0 radical (unpaired) electrons. The van der Waals surface area contributed by atoms with Crippen LogP contribution in [0.4, 0.5) is 0 Å². The molecule has 0 bridgehead atoms. The maximum absolute atomic E-state index is 12.7. The maximum atomic E-state index is 12.7. The number of nitrogens with zero attached hydrogens (tertiary/aromatic N) is 4. The molecule has 1 aliphatic rings. The largest absolute Gasteiger partial charge is 0.297 e. The molecule has 2 aromatic heterocycles. The molecular weight excluding hydrogens is 296 g/mol. The number of hydrogen-bond acceptors (Lipinski definition) is 5. The fourth-order valence-electron chi connectivity index (χ4n) is 2.98. The zero-order chi connectivity index (χ0) is 15.5.